The van der Waals surface area contributed by atoms with Gasteiger partial charge in [-0.15, -0.1) is 0 Å². The van der Waals surface area contributed by atoms with E-state index in [-0.39, 0.29) is 24.4 Å². The lowest BCUT2D eigenvalue weighted by Gasteiger charge is -2.24. The van der Waals surface area contributed by atoms with Crippen molar-refractivity contribution in [2.75, 3.05) is 13.1 Å². The van der Waals surface area contributed by atoms with Crippen LogP contribution in [-0.2, 0) is 9.59 Å². The van der Waals surface area contributed by atoms with Crippen LogP contribution >= 0.6 is 0 Å². The molecule has 0 aromatic carbocycles. The fourth-order valence-electron chi connectivity index (χ4n) is 1.77. The van der Waals surface area contributed by atoms with Gasteiger partial charge in [-0.2, -0.15) is 5.10 Å². The first-order chi connectivity index (χ1) is 8.95. The van der Waals surface area contributed by atoms with Gasteiger partial charge in [0.25, 0.3) is 0 Å². The maximum absolute atomic E-state index is 12.3. The largest absolute Gasteiger partial charge is 0.352 e. The molecular formula is C13H22N4O2. The minimum atomic E-state index is -0.401. The zero-order valence-corrected chi connectivity index (χ0v) is 12.0. The number of likely N-dealkylation sites (N-methyl/N-ethyl adjacent to an activating group) is 1. The van der Waals surface area contributed by atoms with Crippen LogP contribution in [0.2, 0.25) is 0 Å². The molecule has 0 bridgehead atoms. The maximum Gasteiger partial charge on any atom is 0.247 e. The second-order valence-electron chi connectivity index (χ2n) is 4.74. The van der Waals surface area contributed by atoms with Crippen molar-refractivity contribution in [2.24, 2.45) is 0 Å². The van der Waals surface area contributed by atoms with Crippen LogP contribution in [0.5, 0.6) is 0 Å². The van der Waals surface area contributed by atoms with E-state index in [1.165, 1.54) is 4.90 Å². The first kappa shape index (κ1) is 15.2. The van der Waals surface area contributed by atoms with Crippen LogP contribution < -0.4 is 5.32 Å². The van der Waals surface area contributed by atoms with E-state index in [0.717, 1.165) is 0 Å². The number of amides is 2. The normalized spacial score (nSPS) is 12.3. The van der Waals surface area contributed by atoms with Crippen molar-refractivity contribution in [2.45, 2.75) is 39.8 Å². The summed E-state index contributed by atoms with van der Waals surface area (Å²) in [6.07, 6.45) is 3.37. The molecule has 2 amide bonds. The van der Waals surface area contributed by atoms with Gasteiger partial charge in [0.1, 0.15) is 6.04 Å². The van der Waals surface area contributed by atoms with Crippen molar-refractivity contribution in [1.29, 1.82) is 0 Å². The van der Waals surface area contributed by atoms with Gasteiger partial charge in [0, 0.05) is 25.0 Å². The zero-order valence-electron chi connectivity index (χ0n) is 12.0. The SMILES string of the molecule is CCN(CC(=O)NC(C)C)C(=O)C(C)n1cccn1. The molecular weight excluding hydrogens is 244 g/mol. The minimum absolute atomic E-state index is 0.0739. The van der Waals surface area contributed by atoms with Crippen molar-refractivity contribution in [3.05, 3.63) is 18.5 Å². The molecule has 0 saturated heterocycles. The van der Waals surface area contributed by atoms with Gasteiger partial charge < -0.3 is 10.2 Å². The Hall–Kier alpha value is -1.85. The van der Waals surface area contributed by atoms with Gasteiger partial charge in [-0.3, -0.25) is 14.3 Å². The summed E-state index contributed by atoms with van der Waals surface area (Å²) in [5.74, 6) is -0.247. The van der Waals surface area contributed by atoms with Crippen LogP contribution in [0.4, 0.5) is 0 Å². The first-order valence-corrected chi connectivity index (χ1v) is 6.53. The third kappa shape index (κ3) is 4.39. The monoisotopic (exact) mass is 266 g/mol. The minimum Gasteiger partial charge on any atom is -0.352 e. The highest BCUT2D eigenvalue weighted by atomic mass is 16.2. The lowest BCUT2D eigenvalue weighted by atomic mass is 10.2. The van der Waals surface area contributed by atoms with Gasteiger partial charge in [0.15, 0.2) is 0 Å². The number of hydrogen-bond donors (Lipinski definition) is 1. The molecule has 1 rings (SSSR count). The number of nitrogens with one attached hydrogen (secondary N) is 1. The van der Waals surface area contributed by atoms with Crippen molar-refractivity contribution < 1.29 is 9.59 Å². The number of rotatable bonds is 6. The molecule has 1 aromatic heterocycles. The highest BCUT2D eigenvalue weighted by Gasteiger charge is 2.22. The predicted molar refractivity (Wildman–Crippen MR) is 72.5 cm³/mol. The molecule has 0 radical (unpaired) electrons. The first-order valence-electron chi connectivity index (χ1n) is 6.53. The second kappa shape index (κ2) is 6.92. The van der Waals surface area contributed by atoms with Crippen molar-refractivity contribution in [3.63, 3.8) is 0 Å². The standard InChI is InChI=1S/C13H22N4O2/c1-5-16(9-12(18)15-10(2)3)13(19)11(4)17-8-6-7-14-17/h6-8,10-11H,5,9H2,1-4H3,(H,15,18). The summed E-state index contributed by atoms with van der Waals surface area (Å²) in [6.45, 7) is 7.99. The second-order valence-corrected chi connectivity index (χ2v) is 4.74. The third-order valence-corrected chi connectivity index (χ3v) is 2.76. The summed E-state index contributed by atoms with van der Waals surface area (Å²) in [6, 6.07) is 1.44. The molecule has 1 heterocycles. The van der Waals surface area contributed by atoms with Crippen LogP contribution in [0.1, 0.15) is 33.7 Å². The van der Waals surface area contributed by atoms with E-state index in [1.807, 2.05) is 20.8 Å². The van der Waals surface area contributed by atoms with Gasteiger partial charge in [-0.1, -0.05) is 0 Å². The fourth-order valence-corrected chi connectivity index (χ4v) is 1.77. The number of nitrogens with zero attached hydrogens (tertiary/aromatic N) is 3. The summed E-state index contributed by atoms with van der Waals surface area (Å²) in [5.41, 5.74) is 0. The summed E-state index contributed by atoms with van der Waals surface area (Å²) in [5, 5.41) is 6.83. The molecule has 106 valence electrons. The fraction of sp³-hybridized carbons (Fsp3) is 0.615. The van der Waals surface area contributed by atoms with E-state index in [4.69, 9.17) is 0 Å². The molecule has 1 atom stereocenters. The Labute approximate surface area is 113 Å². The van der Waals surface area contributed by atoms with E-state index in [2.05, 4.69) is 10.4 Å². The lowest BCUT2D eigenvalue weighted by molar-refractivity contribution is -0.138. The third-order valence-electron chi connectivity index (χ3n) is 2.76. The Morgan fingerprint density at radius 3 is 2.53 bits per heavy atom. The summed E-state index contributed by atoms with van der Waals surface area (Å²) >= 11 is 0. The summed E-state index contributed by atoms with van der Waals surface area (Å²) < 4.78 is 1.59. The van der Waals surface area contributed by atoms with Crippen LogP contribution in [0, 0.1) is 0 Å². The molecule has 6 nitrogen and oxygen atoms in total. The molecule has 0 spiro atoms. The smallest absolute Gasteiger partial charge is 0.247 e. The molecule has 1 N–H and O–H groups in total. The lowest BCUT2D eigenvalue weighted by Crippen LogP contribution is -2.44. The molecule has 0 aliphatic carbocycles. The van der Waals surface area contributed by atoms with Crippen LogP contribution in [0.3, 0.4) is 0 Å². The van der Waals surface area contributed by atoms with Crippen LogP contribution in [0.15, 0.2) is 18.5 Å². The van der Waals surface area contributed by atoms with Crippen LogP contribution in [-0.4, -0.2) is 45.6 Å². The quantitative estimate of drug-likeness (QED) is 0.829. The topological polar surface area (TPSA) is 67.2 Å². The van der Waals surface area contributed by atoms with E-state index in [0.29, 0.717) is 6.54 Å². The molecule has 0 saturated carbocycles. The van der Waals surface area contributed by atoms with E-state index < -0.39 is 6.04 Å². The molecule has 19 heavy (non-hydrogen) atoms. The highest BCUT2D eigenvalue weighted by molar-refractivity contribution is 5.86. The molecule has 6 heteroatoms. The van der Waals surface area contributed by atoms with Gasteiger partial charge in [-0.05, 0) is 33.8 Å². The average Bonchev–Trinajstić information content (AvgIpc) is 2.87. The van der Waals surface area contributed by atoms with E-state index in [9.17, 15) is 9.59 Å². The molecule has 1 unspecified atom stereocenters. The Kier molecular flexibility index (Phi) is 5.54. The molecule has 0 aliphatic rings. The molecule has 0 fully saturated rings. The van der Waals surface area contributed by atoms with Gasteiger partial charge >= 0.3 is 0 Å². The van der Waals surface area contributed by atoms with Gasteiger partial charge in [0.2, 0.25) is 11.8 Å². The Morgan fingerprint density at radius 2 is 2.05 bits per heavy atom. The van der Waals surface area contributed by atoms with Crippen molar-refractivity contribution in [3.8, 4) is 0 Å². The molecule has 0 aliphatic heterocycles. The van der Waals surface area contributed by atoms with Crippen molar-refractivity contribution >= 4 is 11.8 Å². The Balaban J connectivity index is 2.64. The van der Waals surface area contributed by atoms with Gasteiger partial charge in [0.05, 0.1) is 6.54 Å². The van der Waals surface area contributed by atoms with Crippen LogP contribution in [0.25, 0.3) is 0 Å². The highest BCUT2D eigenvalue weighted by Crippen LogP contribution is 2.08. The predicted octanol–water partition coefficient (Wildman–Crippen LogP) is 0.817. The van der Waals surface area contributed by atoms with Crippen molar-refractivity contribution in [1.82, 2.24) is 20.0 Å². The summed E-state index contributed by atoms with van der Waals surface area (Å²) in [4.78, 5) is 25.5. The maximum atomic E-state index is 12.3. The zero-order chi connectivity index (χ0) is 14.4. The molecule has 1 aromatic rings. The van der Waals surface area contributed by atoms with Gasteiger partial charge in [-0.25, -0.2) is 0 Å². The Bertz CT molecular complexity index is 414. The number of hydrogen-bond acceptors (Lipinski definition) is 3. The van der Waals surface area contributed by atoms with E-state index in [1.54, 1.807) is 30.1 Å². The number of carbonyl (C=O) groups is 2. The number of carbonyl (C=O) groups excluding carboxylic acids is 2. The Morgan fingerprint density at radius 1 is 1.37 bits per heavy atom. The van der Waals surface area contributed by atoms with E-state index >= 15 is 0 Å². The number of aromatic nitrogens is 2. The average molecular weight is 266 g/mol. The summed E-state index contributed by atoms with van der Waals surface area (Å²) in [7, 11) is 0.